The molecular formula is C17H33NO. The molecule has 0 aliphatic heterocycles. The number of likely N-dealkylation sites (N-methyl/N-ethyl adjacent to an activating group) is 1. The number of carbonyl (C=O) groups is 1. The SMILES string of the molecule is CCNC(CC1CCC(CC)(CC)CC1)C(=O)CC. The Hall–Kier alpha value is -0.370. The van der Waals surface area contributed by atoms with Gasteiger partial charge in [-0.2, -0.15) is 0 Å². The molecule has 0 amide bonds. The van der Waals surface area contributed by atoms with Gasteiger partial charge in [-0.05, 0) is 50.0 Å². The molecule has 0 bridgehead atoms. The number of hydrogen-bond donors (Lipinski definition) is 1. The van der Waals surface area contributed by atoms with Gasteiger partial charge in [0.1, 0.15) is 5.78 Å². The van der Waals surface area contributed by atoms with Crippen molar-refractivity contribution in [2.75, 3.05) is 6.54 Å². The molecule has 0 spiro atoms. The van der Waals surface area contributed by atoms with E-state index in [4.69, 9.17) is 0 Å². The Morgan fingerprint density at radius 3 is 2.16 bits per heavy atom. The van der Waals surface area contributed by atoms with Crippen molar-refractivity contribution in [2.45, 2.75) is 85.1 Å². The van der Waals surface area contributed by atoms with Crippen molar-refractivity contribution in [3.05, 3.63) is 0 Å². The van der Waals surface area contributed by atoms with Gasteiger partial charge < -0.3 is 5.32 Å². The molecule has 0 heterocycles. The number of hydrogen-bond acceptors (Lipinski definition) is 2. The molecule has 0 aromatic heterocycles. The number of ketones is 1. The van der Waals surface area contributed by atoms with Crippen LogP contribution in [0.4, 0.5) is 0 Å². The standard InChI is InChI=1S/C17H33NO/c1-5-16(19)15(18-8-4)13-14-9-11-17(6-2,7-3)12-10-14/h14-15,18H,5-13H2,1-4H3. The van der Waals surface area contributed by atoms with E-state index in [9.17, 15) is 4.79 Å². The quantitative estimate of drug-likeness (QED) is 0.709. The zero-order valence-corrected chi connectivity index (χ0v) is 13.4. The lowest BCUT2D eigenvalue weighted by Gasteiger charge is -2.40. The first kappa shape index (κ1) is 16.7. The Morgan fingerprint density at radius 2 is 1.74 bits per heavy atom. The van der Waals surface area contributed by atoms with Crippen molar-refractivity contribution in [3.63, 3.8) is 0 Å². The van der Waals surface area contributed by atoms with Gasteiger partial charge in [-0.3, -0.25) is 4.79 Å². The first-order chi connectivity index (χ1) is 9.10. The molecule has 0 radical (unpaired) electrons. The van der Waals surface area contributed by atoms with Crippen molar-refractivity contribution >= 4 is 5.78 Å². The zero-order valence-electron chi connectivity index (χ0n) is 13.4. The van der Waals surface area contributed by atoms with Gasteiger partial charge in [0, 0.05) is 6.42 Å². The predicted octanol–water partition coefficient (Wildman–Crippen LogP) is 4.33. The summed E-state index contributed by atoms with van der Waals surface area (Å²) >= 11 is 0. The fourth-order valence-electron chi connectivity index (χ4n) is 3.64. The van der Waals surface area contributed by atoms with Crippen LogP contribution in [0.25, 0.3) is 0 Å². The van der Waals surface area contributed by atoms with Gasteiger partial charge in [-0.15, -0.1) is 0 Å². The third kappa shape index (κ3) is 4.59. The van der Waals surface area contributed by atoms with Crippen LogP contribution in [0.2, 0.25) is 0 Å². The van der Waals surface area contributed by atoms with Gasteiger partial charge in [0.2, 0.25) is 0 Å². The fourth-order valence-corrected chi connectivity index (χ4v) is 3.64. The summed E-state index contributed by atoms with van der Waals surface area (Å²) in [6.07, 6.45) is 9.73. The highest BCUT2D eigenvalue weighted by Gasteiger charge is 2.33. The molecule has 19 heavy (non-hydrogen) atoms. The van der Waals surface area contributed by atoms with Crippen molar-refractivity contribution < 1.29 is 4.79 Å². The molecule has 1 fully saturated rings. The summed E-state index contributed by atoms with van der Waals surface area (Å²) in [5, 5.41) is 3.38. The van der Waals surface area contributed by atoms with E-state index in [0.717, 1.165) is 18.9 Å². The minimum Gasteiger partial charge on any atom is -0.308 e. The second-order valence-corrected chi connectivity index (χ2v) is 6.32. The van der Waals surface area contributed by atoms with Crippen LogP contribution in [0.15, 0.2) is 0 Å². The molecule has 1 saturated carbocycles. The lowest BCUT2D eigenvalue weighted by molar-refractivity contribution is -0.121. The molecule has 0 aromatic rings. The molecule has 1 atom stereocenters. The molecule has 1 N–H and O–H groups in total. The second kappa shape index (κ2) is 8.04. The Balaban J connectivity index is 2.48. The van der Waals surface area contributed by atoms with Crippen LogP contribution < -0.4 is 5.32 Å². The highest BCUT2D eigenvalue weighted by molar-refractivity contribution is 5.83. The van der Waals surface area contributed by atoms with Gasteiger partial charge in [-0.1, -0.05) is 40.5 Å². The van der Waals surface area contributed by atoms with E-state index < -0.39 is 0 Å². The summed E-state index contributed by atoms with van der Waals surface area (Å²) in [5.74, 6) is 1.15. The van der Waals surface area contributed by atoms with Gasteiger partial charge in [0.05, 0.1) is 6.04 Å². The van der Waals surface area contributed by atoms with Crippen molar-refractivity contribution in [1.29, 1.82) is 0 Å². The summed E-state index contributed by atoms with van der Waals surface area (Å²) in [7, 11) is 0. The van der Waals surface area contributed by atoms with E-state index in [1.54, 1.807) is 0 Å². The molecule has 0 saturated heterocycles. The Labute approximate surface area is 119 Å². The van der Waals surface area contributed by atoms with Gasteiger partial charge in [-0.25, -0.2) is 0 Å². The topological polar surface area (TPSA) is 29.1 Å². The molecule has 1 rings (SSSR count). The Morgan fingerprint density at radius 1 is 1.16 bits per heavy atom. The first-order valence-electron chi connectivity index (χ1n) is 8.36. The van der Waals surface area contributed by atoms with E-state index in [-0.39, 0.29) is 6.04 Å². The number of Topliss-reactive ketones (excluding diaryl/α,β-unsaturated/α-hetero) is 1. The van der Waals surface area contributed by atoms with Crippen LogP contribution in [-0.4, -0.2) is 18.4 Å². The van der Waals surface area contributed by atoms with Crippen molar-refractivity contribution in [2.24, 2.45) is 11.3 Å². The van der Waals surface area contributed by atoms with E-state index in [1.165, 1.54) is 38.5 Å². The summed E-state index contributed by atoms with van der Waals surface area (Å²) in [6, 6.07) is 0.107. The van der Waals surface area contributed by atoms with E-state index in [2.05, 4.69) is 26.1 Å². The minimum atomic E-state index is 0.107. The van der Waals surface area contributed by atoms with Crippen LogP contribution in [0, 0.1) is 11.3 Å². The van der Waals surface area contributed by atoms with Crippen LogP contribution in [0.1, 0.15) is 79.1 Å². The third-order valence-corrected chi connectivity index (χ3v) is 5.42. The average Bonchev–Trinajstić information content (AvgIpc) is 2.47. The van der Waals surface area contributed by atoms with E-state index in [1.807, 2.05) is 6.92 Å². The molecule has 2 heteroatoms. The smallest absolute Gasteiger partial charge is 0.149 e. The fraction of sp³-hybridized carbons (Fsp3) is 0.941. The molecule has 0 aromatic carbocycles. The molecule has 1 aliphatic carbocycles. The van der Waals surface area contributed by atoms with Gasteiger partial charge in [0.25, 0.3) is 0 Å². The Kier molecular flexibility index (Phi) is 7.06. The van der Waals surface area contributed by atoms with Crippen LogP contribution >= 0.6 is 0 Å². The maximum Gasteiger partial charge on any atom is 0.149 e. The normalized spacial score (nSPS) is 21.3. The van der Waals surface area contributed by atoms with Gasteiger partial charge in [0.15, 0.2) is 0 Å². The van der Waals surface area contributed by atoms with Crippen LogP contribution in [0.3, 0.4) is 0 Å². The molecule has 1 aliphatic rings. The zero-order chi connectivity index (χ0) is 14.3. The molecular weight excluding hydrogens is 234 g/mol. The Bertz CT molecular complexity index is 260. The van der Waals surface area contributed by atoms with E-state index in [0.29, 0.717) is 17.6 Å². The summed E-state index contributed by atoms with van der Waals surface area (Å²) in [5.41, 5.74) is 0.610. The third-order valence-electron chi connectivity index (χ3n) is 5.42. The molecule has 2 nitrogen and oxygen atoms in total. The number of carbonyl (C=O) groups excluding carboxylic acids is 1. The summed E-state index contributed by atoms with van der Waals surface area (Å²) < 4.78 is 0. The van der Waals surface area contributed by atoms with Crippen molar-refractivity contribution in [1.82, 2.24) is 5.32 Å². The number of rotatable bonds is 8. The lowest BCUT2D eigenvalue weighted by Crippen LogP contribution is -2.39. The van der Waals surface area contributed by atoms with E-state index >= 15 is 0 Å². The monoisotopic (exact) mass is 267 g/mol. The second-order valence-electron chi connectivity index (χ2n) is 6.32. The molecule has 112 valence electrons. The minimum absolute atomic E-state index is 0.107. The highest BCUT2D eigenvalue weighted by atomic mass is 16.1. The van der Waals surface area contributed by atoms with Crippen LogP contribution in [0.5, 0.6) is 0 Å². The lowest BCUT2D eigenvalue weighted by atomic mass is 9.66. The van der Waals surface area contributed by atoms with Crippen LogP contribution in [-0.2, 0) is 4.79 Å². The largest absolute Gasteiger partial charge is 0.308 e. The number of nitrogens with one attached hydrogen (secondary N) is 1. The maximum atomic E-state index is 12.0. The average molecular weight is 267 g/mol. The molecule has 1 unspecified atom stereocenters. The maximum absolute atomic E-state index is 12.0. The van der Waals surface area contributed by atoms with Gasteiger partial charge >= 0.3 is 0 Å². The highest BCUT2D eigenvalue weighted by Crippen LogP contribution is 2.44. The first-order valence-corrected chi connectivity index (χ1v) is 8.36. The summed E-state index contributed by atoms with van der Waals surface area (Å²) in [4.78, 5) is 12.0. The van der Waals surface area contributed by atoms with Crippen molar-refractivity contribution in [3.8, 4) is 0 Å². The summed E-state index contributed by atoms with van der Waals surface area (Å²) in [6.45, 7) is 9.65. The predicted molar refractivity (Wildman–Crippen MR) is 82.4 cm³/mol.